The van der Waals surface area contributed by atoms with Crippen molar-refractivity contribution in [3.8, 4) is 0 Å². The van der Waals surface area contributed by atoms with E-state index in [0.29, 0.717) is 32.8 Å². The number of likely N-dealkylation sites (tertiary alicyclic amines) is 1. The van der Waals surface area contributed by atoms with Gasteiger partial charge in [-0.25, -0.2) is 0 Å². The minimum atomic E-state index is -0.428. The molecule has 1 aromatic carbocycles. The average molecular weight is 424 g/mol. The Morgan fingerprint density at radius 2 is 2.00 bits per heavy atom. The second kappa shape index (κ2) is 8.43. The van der Waals surface area contributed by atoms with Gasteiger partial charge in [-0.3, -0.25) is 19.6 Å². The molecule has 5 rings (SSSR count). The summed E-state index contributed by atoms with van der Waals surface area (Å²) in [5, 5.41) is 10.3. The molecule has 164 valence electrons. The highest BCUT2D eigenvalue weighted by atomic mass is 16.5. The van der Waals surface area contributed by atoms with Crippen molar-refractivity contribution in [3.63, 3.8) is 0 Å². The molecule has 1 unspecified atom stereocenters. The molecular weight excluding hydrogens is 394 g/mol. The number of nitrogens with zero attached hydrogens (tertiary/aromatic N) is 3. The Morgan fingerprint density at radius 3 is 2.81 bits per heavy atom. The molecule has 3 aliphatic rings. The molecule has 0 bridgehead atoms. The lowest BCUT2D eigenvalue weighted by Gasteiger charge is -2.44. The first-order valence-electron chi connectivity index (χ1n) is 11.1. The number of fused-ring (bicyclic) bond motifs is 2. The summed E-state index contributed by atoms with van der Waals surface area (Å²) in [6.45, 7) is 3.99. The number of piperazine rings is 1. The van der Waals surface area contributed by atoms with Crippen molar-refractivity contribution in [1.29, 1.82) is 0 Å². The summed E-state index contributed by atoms with van der Waals surface area (Å²) < 4.78 is 6.19. The number of nitrogens with one attached hydrogen (secondary N) is 2. The van der Waals surface area contributed by atoms with Crippen molar-refractivity contribution in [3.05, 3.63) is 53.3 Å². The van der Waals surface area contributed by atoms with E-state index < -0.39 is 6.04 Å². The van der Waals surface area contributed by atoms with Gasteiger partial charge in [0.2, 0.25) is 11.8 Å². The second-order valence-electron chi connectivity index (χ2n) is 8.71. The highest BCUT2D eigenvalue weighted by molar-refractivity contribution is 5.88. The molecule has 0 radical (unpaired) electrons. The topological polar surface area (TPSA) is 90.6 Å². The average Bonchev–Trinajstić information content (AvgIpc) is 3.28. The Hall–Kier alpha value is -2.71. The molecule has 4 heterocycles. The number of H-pyrrole nitrogens is 1. The molecule has 0 aliphatic carbocycles. The summed E-state index contributed by atoms with van der Waals surface area (Å²) in [5.41, 5.74) is 3.09. The summed E-state index contributed by atoms with van der Waals surface area (Å²) >= 11 is 0. The maximum atomic E-state index is 13.1. The van der Waals surface area contributed by atoms with Crippen LogP contribution in [0.15, 0.2) is 36.5 Å². The summed E-state index contributed by atoms with van der Waals surface area (Å²) in [6, 6.07) is 9.68. The van der Waals surface area contributed by atoms with Gasteiger partial charge in [0.15, 0.2) is 0 Å². The van der Waals surface area contributed by atoms with Crippen LogP contribution in [0.3, 0.4) is 0 Å². The van der Waals surface area contributed by atoms with Gasteiger partial charge >= 0.3 is 0 Å². The third-order valence-corrected chi connectivity index (χ3v) is 6.89. The van der Waals surface area contributed by atoms with Gasteiger partial charge in [0.25, 0.3) is 0 Å². The van der Waals surface area contributed by atoms with E-state index in [0.717, 1.165) is 37.1 Å². The van der Waals surface area contributed by atoms with Gasteiger partial charge in [0.05, 0.1) is 31.0 Å². The summed E-state index contributed by atoms with van der Waals surface area (Å²) in [7, 11) is 0. The number of carbonyl (C=O) groups is 2. The maximum Gasteiger partial charge on any atom is 0.237 e. The monoisotopic (exact) mass is 423 g/mol. The maximum absolute atomic E-state index is 13.1. The molecule has 3 aliphatic heterocycles. The number of piperidine rings is 1. The molecule has 2 aromatic rings. The van der Waals surface area contributed by atoms with Gasteiger partial charge in [-0.1, -0.05) is 30.3 Å². The molecule has 8 heteroatoms. The third-order valence-electron chi connectivity index (χ3n) is 6.89. The largest absolute Gasteiger partial charge is 0.368 e. The minimum absolute atomic E-state index is 0.0376. The molecule has 2 amide bonds. The van der Waals surface area contributed by atoms with Gasteiger partial charge in [0, 0.05) is 32.7 Å². The lowest BCUT2D eigenvalue weighted by molar-refractivity contribution is -0.145. The molecular formula is C23H29N5O3. The fourth-order valence-corrected chi connectivity index (χ4v) is 5.12. The molecule has 1 atom stereocenters. The van der Waals surface area contributed by atoms with Gasteiger partial charge in [0.1, 0.15) is 5.60 Å². The summed E-state index contributed by atoms with van der Waals surface area (Å²) in [6.07, 6.45) is 4.48. The van der Waals surface area contributed by atoms with E-state index in [-0.39, 0.29) is 23.8 Å². The van der Waals surface area contributed by atoms with Crippen molar-refractivity contribution in [2.75, 3.05) is 32.8 Å². The second-order valence-corrected chi connectivity index (χ2v) is 8.71. The number of hydrogen-bond donors (Lipinski definition) is 2. The van der Waals surface area contributed by atoms with Crippen LogP contribution < -0.4 is 5.32 Å². The zero-order chi connectivity index (χ0) is 21.3. The predicted molar refractivity (Wildman–Crippen MR) is 114 cm³/mol. The zero-order valence-corrected chi connectivity index (χ0v) is 17.7. The molecule has 0 saturated carbocycles. The SMILES string of the molecule is O=C1NCCN(Cc2ccccc2)C1CC(=O)N1CCC2(CC1)OCCc1cn[nH]c12. The summed E-state index contributed by atoms with van der Waals surface area (Å²) in [5.74, 6) is -0.0164. The highest BCUT2D eigenvalue weighted by Crippen LogP contribution is 2.40. The van der Waals surface area contributed by atoms with Crippen molar-refractivity contribution in [2.45, 2.75) is 43.9 Å². The molecule has 2 N–H and O–H groups in total. The van der Waals surface area contributed by atoms with Gasteiger partial charge < -0.3 is 15.0 Å². The van der Waals surface area contributed by atoms with Crippen LogP contribution >= 0.6 is 0 Å². The normalized spacial score (nSPS) is 23.4. The van der Waals surface area contributed by atoms with E-state index in [2.05, 4.69) is 32.5 Å². The Kier molecular flexibility index (Phi) is 5.50. The third kappa shape index (κ3) is 3.97. The Morgan fingerprint density at radius 1 is 1.19 bits per heavy atom. The zero-order valence-electron chi connectivity index (χ0n) is 17.7. The van der Waals surface area contributed by atoms with E-state index in [4.69, 9.17) is 4.74 Å². The molecule has 2 saturated heterocycles. The van der Waals surface area contributed by atoms with E-state index in [1.807, 2.05) is 29.3 Å². The van der Waals surface area contributed by atoms with E-state index >= 15 is 0 Å². The van der Waals surface area contributed by atoms with Crippen LogP contribution in [-0.4, -0.2) is 70.6 Å². The van der Waals surface area contributed by atoms with Gasteiger partial charge in [-0.2, -0.15) is 5.10 Å². The minimum Gasteiger partial charge on any atom is -0.368 e. The van der Waals surface area contributed by atoms with Crippen LogP contribution in [0, 0.1) is 0 Å². The molecule has 2 fully saturated rings. The van der Waals surface area contributed by atoms with Crippen molar-refractivity contribution < 1.29 is 14.3 Å². The van der Waals surface area contributed by atoms with Crippen LogP contribution in [0.25, 0.3) is 0 Å². The number of aromatic amines is 1. The number of ether oxygens (including phenoxy) is 1. The molecule has 8 nitrogen and oxygen atoms in total. The van der Waals surface area contributed by atoms with Crippen molar-refractivity contribution >= 4 is 11.8 Å². The number of benzene rings is 1. The standard InChI is InChI=1S/C23H29N5O3/c29-20(14-19-22(30)24-9-12-28(19)16-17-4-2-1-3-5-17)27-10-7-23(8-11-27)21-18(6-13-31-23)15-25-26-21/h1-5,15,19H,6-14,16H2,(H,24,30)(H,25,26). The quantitative estimate of drug-likeness (QED) is 0.771. The predicted octanol–water partition coefficient (Wildman–Crippen LogP) is 1.19. The van der Waals surface area contributed by atoms with E-state index in [1.54, 1.807) is 0 Å². The van der Waals surface area contributed by atoms with Gasteiger partial charge in [-0.05, 0) is 30.4 Å². The van der Waals surface area contributed by atoms with E-state index in [1.165, 1.54) is 5.56 Å². The molecule has 1 spiro atoms. The van der Waals surface area contributed by atoms with E-state index in [9.17, 15) is 9.59 Å². The van der Waals surface area contributed by atoms with Crippen LogP contribution in [0.2, 0.25) is 0 Å². The highest BCUT2D eigenvalue weighted by Gasteiger charge is 2.43. The van der Waals surface area contributed by atoms with Crippen molar-refractivity contribution in [2.24, 2.45) is 0 Å². The van der Waals surface area contributed by atoms with Crippen molar-refractivity contribution in [1.82, 2.24) is 25.3 Å². The summed E-state index contributed by atoms with van der Waals surface area (Å²) in [4.78, 5) is 29.8. The lowest BCUT2D eigenvalue weighted by atomic mass is 9.83. The van der Waals surface area contributed by atoms with Gasteiger partial charge in [-0.15, -0.1) is 0 Å². The number of rotatable bonds is 4. The number of amides is 2. The smallest absolute Gasteiger partial charge is 0.237 e. The van der Waals surface area contributed by atoms with Crippen LogP contribution in [0.4, 0.5) is 0 Å². The van der Waals surface area contributed by atoms with Crippen LogP contribution in [-0.2, 0) is 32.9 Å². The van der Waals surface area contributed by atoms with Crippen LogP contribution in [0.5, 0.6) is 0 Å². The Labute approximate surface area is 181 Å². The number of carbonyl (C=O) groups excluding carboxylic acids is 2. The lowest BCUT2D eigenvalue weighted by Crippen LogP contribution is -2.57. The first kappa shape index (κ1) is 20.2. The first-order chi connectivity index (χ1) is 15.1. The fourth-order valence-electron chi connectivity index (χ4n) is 5.12. The Bertz CT molecular complexity index is 936. The molecule has 1 aromatic heterocycles. The fraction of sp³-hybridized carbons (Fsp3) is 0.522. The first-order valence-corrected chi connectivity index (χ1v) is 11.1. The Balaban J connectivity index is 1.23. The number of aromatic nitrogens is 2. The number of hydrogen-bond acceptors (Lipinski definition) is 5. The van der Waals surface area contributed by atoms with Crippen LogP contribution in [0.1, 0.15) is 36.1 Å². The molecule has 31 heavy (non-hydrogen) atoms.